The molecule has 1 unspecified atom stereocenters. The van der Waals surface area contributed by atoms with Crippen molar-refractivity contribution in [1.82, 2.24) is 5.32 Å². The van der Waals surface area contributed by atoms with Crippen molar-refractivity contribution in [2.75, 3.05) is 13.2 Å². The second-order valence-corrected chi connectivity index (χ2v) is 6.05. The fourth-order valence-corrected chi connectivity index (χ4v) is 2.58. The Bertz CT molecular complexity index is 496. The standard InChI is InChI=1S/C12H18N2O3S/c13-18(15,16)12-5-1-3-10(7-12)8-14-11-4-2-6-17-9-11/h1,3,5,7,11,14H,2,4,6,8-9H2,(H2,13,15,16). The summed E-state index contributed by atoms with van der Waals surface area (Å²) in [6.07, 6.45) is 2.16. The van der Waals surface area contributed by atoms with Gasteiger partial charge in [-0.1, -0.05) is 12.1 Å². The van der Waals surface area contributed by atoms with E-state index in [1.165, 1.54) is 6.07 Å². The molecule has 0 amide bonds. The molecule has 18 heavy (non-hydrogen) atoms. The quantitative estimate of drug-likeness (QED) is 0.839. The molecular weight excluding hydrogens is 252 g/mol. The second-order valence-electron chi connectivity index (χ2n) is 4.49. The van der Waals surface area contributed by atoms with Crippen LogP contribution in [0.5, 0.6) is 0 Å². The van der Waals surface area contributed by atoms with Crippen LogP contribution in [0.1, 0.15) is 18.4 Å². The van der Waals surface area contributed by atoms with Gasteiger partial charge in [-0.25, -0.2) is 13.6 Å². The minimum atomic E-state index is -3.62. The molecule has 1 atom stereocenters. The summed E-state index contributed by atoms with van der Waals surface area (Å²) in [5.41, 5.74) is 0.909. The summed E-state index contributed by atoms with van der Waals surface area (Å²) in [5, 5.41) is 8.45. The van der Waals surface area contributed by atoms with Crippen molar-refractivity contribution in [3.63, 3.8) is 0 Å². The van der Waals surface area contributed by atoms with Gasteiger partial charge in [0.15, 0.2) is 0 Å². The maximum absolute atomic E-state index is 11.2. The lowest BCUT2D eigenvalue weighted by molar-refractivity contribution is 0.0699. The average molecular weight is 270 g/mol. The SMILES string of the molecule is NS(=O)(=O)c1cccc(CNC2CCCOC2)c1. The molecule has 1 saturated heterocycles. The molecule has 1 aliphatic heterocycles. The van der Waals surface area contributed by atoms with Crippen LogP contribution < -0.4 is 10.5 Å². The van der Waals surface area contributed by atoms with E-state index in [0.717, 1.165) is 31.6 Å². The van der Waals surface area contributed by atoms with Gasteiger partial charge in [-0.05, 0) is 30.5 Å². The summed E-state index contributed by atoms with van der Waals surface area (Å²) in [4.78, 5) is 0.154. The second kappa shape index (κ2) is 5.79. The highest BCUT2D eigenvalue weighted by molar-refractivity contribution is 7.89. The Morgan fingerprint density at radius 2 is 2.28 bits per heavy atom. The lowest BCUT2D eigenvalue weighted by Crippen LogP contribution is -2.36. The number of rotatable bonds is 4. The molecule has 0 aliphatic carbocycles. The molecule has 0 bridgehead atoms. The molecule has 100 valence electrons. The van der Waals surface area contributed by atoms with Gasteiger partial charge >= 0.3 is 0 Å². The highest BCUT2D eigenvalue weighted by Gasteiger charge is 2.13. The largest absolute Gasteiger partial charge is 0.380 e. The first kappa shape index (κ1) is 13.5. The molecule has 1 fully saturated rings. The number of hydrogen-bond donors (Lipinski definition) is 2. The minimum absolute atomic E-state index is 0.154. The average Bonchev–Trinajstić information content (AvgIpc) is 2.37. The summed E-state index contributed by atoms with van der Waals surface area (Å²) >= 11 is 0. The summed E-state index contributed by atoms with van der Waals surface area (Å²) < 4.78 is 27.8. The van der Waals surface area contributed by atoms with E-state index in [4.69, 9.17) is 9.88 Å². The molecule has 1 heterocycles. The predicted octanol–water partition coefficient (Wildman–Crippen LogP) is 0.603. The van der Waals surface area contributed by atoms with E-state index < -0.39 is 10.0 Å². The molecule has 6 heteroatoms. The fourth-order valence-electron chi connectivity index (χ4n) is 2.00. The van der Waals surface area contributed by atoms with Gasteiger partial charge in [-0.15, -0.1) is 0 Å². The Hall–Kier alpha value is -0.950. The fraction of sp³-hybridized carbons (Fsp3) is 0.500. The van der Waals surface area contributed by atoms with E-state index in [1.807, 2.05) is 6.07 Å². The van der Waals surface area contributed by atoms with Crippen LogP contribution in [0.4, 0.5) is 0 Å². The Labute approximate surface area is 107 Å². The van der Waals surface area contributed by atoms with Crippen LogP contribution in [0.15, 0.2) is 29.2 Å². The lowest BCUT2D eigenvalue weighted by Gasteiger charge is -2.23. The molecule has 2 rings (SSSR count). The first-order valence-corrected chi connectivity index (χ1v) is 7.53. The number of nitrogens with two attached hydrogens (primary N) is 1. The van der Waals surface area contributed by atoms with Crippen molar-refractivity contribution in [1.29, 1.82) is 0 Å². The third kappa shape index (κ3) is 3.78. The zero-order valence-corrected chi connectivity index (χ0v) is 10.9. The Morgan fingerprint density at radius 3 is 2.94 bits per heavy atom. The summed E-state index contributed by atoms with van der Waals surface area (Å²) in [6.45, 7) is 2.17. The van der Waals surface area contributed by atoms with Gasteiger partial charge in [-0.2, -0.15) is 0 Å². The molecule has 1 aromatic carbocycles. The molecule has 0 spiro atoms. The topological polar surface area (TPSA) is 81.4 Å². The molecular formula is C12H18N2O3S. The molecule has 5 nitrogen and oxygen atoms in total. The Balaban J connectivity index is 1.97. The molecule has 1 aromatic rings. The normalized spacial score (nSPS) is 20.8. The number of hydrogen-bond acceptors (Lipinski definition) is 4. The van der Waals surface area contributed by atoms with Crippen LogP contribution in [-0.4, -0.2) is 27.7 Å². The van der Waals surface area contributed by atoms with Crippen LogP contribution >= 0.6 is 0 Å². The van der Waals surface area contributed by atoms with E-state index in [-0.39, 0.29) is 4.90 Å². The zero-order chi connectivity index (χ0) is 13.0. The number of benzene rings is 1. The smallest absolute Gasteiger partial charge is 0.238 e. The highest BCUT2D eigenvalue weighted by atomic mass is 32.2. The van der Waals surface area contributed by atoms with Gasteiger partial charge in [-0.3, -0.25) is 0 Å². The number of sulfonamides is 1. The van der Waals surface area contributed by atoms with Gasteiger partial charge in [0.2, 0.25) is 10.0 Å². The van der Waals surface area contributed by atoms with E-state index in [0.29, 0.717) is 12.6 Å². The van der Waals surface area contributed by atoms with Crippen LogP contribution in [0.25, 0.3) is 0 Å². The lowest BCUT2D eigenvalue weighted by atomic mass is 10.1. The van der Waals surface area contributed by atoms with Crippen molar-refractivity contribution < 1.29 is 13.2 Å². The van der Waals surface area contributed by atoms with Crippen molar-refractivity contribution in [3.8, 4) is 0 Å². The third-order valence-corrected chi connectivity index (χ3v) is 3.89. The van der Waals surface area contributed by atoms with Gasteiger partial charge in [0.1, 0.15) is 0 Å². The monoisotopic (exact) mass is 270 g/mol. The summed E-state index contributed by atoms with van der Waals surface area (Å²) in [5.74, 6) is 0. The summed E-state index contributed by atoms with van der Waals surface area (Å²) in [6, 6.07) is 7.03. The van der Waals surface area contributed by atoms with Crippen molar-refractivity contribution in [3.05, 3.63) is 29.8 Å². The van der Waals surface area contributed by atoms with Crippen LogP contribution in [0, 0.1) is 0 Å². The summed E-state index contributed by atoms with van der Waals surface area (Å²) in [7, 11) is -3.62. The first-order chi connectivity index (χ1) is 8.55. The number of nitrogens with one attached hydrogen (secondary N) is 1. The van der Waals surface area contributed by atoms with E-state index >= 15 is 0 Å². The molecule has 0 aromatic heterocycles. The molecule has 0 saturated carbocycles. The number of primary sulfonamides is 1. The van der Waals surface area contributed by atoms with E-state index in [1.54, 1.807) is 12.1 Å². The predicted molar refractivity (Wildman–Crippen MR) is 68.5 cm³/mol. The van der Waals surface area contributed by atoms with E-state index in [2.05, 4.69) is 5.32 Å². The molecule has 1 aliphatic rings. The zero-order valence-electron chi connectivity index (χ0n) is 10.1. The maximum Gasteiger partial charge on any atom is 0.238 e. The van der Waals surface area contributed by atoms with Crippen LogP contribution in [0.2, 0.25) is 0 Å². The number of ether oxygens (including phenoxy) is 1. The maximum atomic E-state index is 11.2. The van der Waals surface area contributed by atoms with Crippen LogP contribution in [-0.2, 0) is 21.3 Å². The van der Waals surface area contributed by atoms with E-state index in [9.17, 15) is 8.42 Å². The molecule has 0 radical (unpaired) electrons. The van der Waals surface area contributed by atoms with Gasteiger partial charge in [0.05, 0.1) is 11.5 Å². The minimum Gasteiger partial charge on any atom is -0.380 e. The van der Waals surface area contributed by atoms with Gasteiger partial charge in [0.25, 0.3) is 0 Å². The molecule has 3 N–H and O–H groups in total. The highest BCUT2D eigenvalue weighted by Crippen LogP contribution is 2.11. The Kier molecular flexibility index (Phi) is 4.34. The van der Waals surface area contributed by atoms with Crippen molar-refractivity contribution in [2.24, 2.45) is 5.14 Å². The van der Waals surface area contributed by atoms with Gasteiger partial charge < -0.3 is 10.1 Å². The van der Waals surface area contributed by atoms with Crippen molar-refractivity contribution >= 4 is 10.0 Å². The van der Waals surface area contributed by atoms with Crippen molar-refractivity contribution in [2.45, 2.75) is 30.3 Å². The van der Waals surface area contributed by atoms with Gasteiger partial charge in [0, 0.05) is 19.2 Å². The third-order valence-electron chi connectivity index (χ3n) is 2.98. The first-order valence-electron chi connectivity index (χ1n) is 5.98. The Morgan fingerprint density at radius 1 is 1.44 bits per heavy atom. The van der Waals surface area contributed by atoms with Crippen LogP contribution in [0.3, 0.4) is 0 Å².